The van der Waals surface area contributed by atoms with Crippen LogP contribution in [-0.4, -0.2) is 48.6 Å². The first-order valence-electron chi connectivity index (χ1n) is 8.14. The van der Waals surface area contributed by atoms with E-state index in [4.69, 9.17) is 4.74 Å². The third-order valence-corrected chi connectivity index (χ3v) is 4.84. The maximum Gasteiger partial charge on any atom is 0.246 e. The minimum atomic E-state index is -0.574. The Labute approximate surface area is 127 Å². The molecule has 5 nitrogen and oxygen atoms in total. The molecular weight excluding hydrogens is 268 g/mol. The number of carbonyl (C=O) groups excluding carboxylic acids is 2. The van der Waals surface area contributed by atoms with Gasteiger partial charge in [-0.05, 0) is 31.6 Å². The van der Waals surface area contributed by atoms with Crippen molar-refractivity contribution < 1.29 is 14.3 Å². The average molecular weight is 296 g/mol. The van der Waals surface area contributed by atoms with Crippen LogP contribution in [0.5, 0.6) is 0 Å². The number of nitrogens with one attached hydrogen (secondary N) is 1. The van der Waals surface area contributed by atoms with Crippen LogP contribution >= 0.6 is 0 Å². The Morgan fingerprint density at radius 2 is 1.95 bits per heavy atom. The molecule has 0 aromatic carbocycles. The molecule has 1 atom stereocenters. The van der Waals surface area contributed by atoms with Crippen LogP contribution in [0.4, 0.5) is 0 Å². The smallest absolute Gasteiger partial charge is 0.246 e. The second kappa shape index (κ2) is 6.77. The summed E-state index contributed by atoms with van der Waals surface area (Å²) in [6.45, 7) is 5.34. The number of hydrogen-bond acceptors (Lipinski definition) is 3. The van der Waals surface area contributed by atoms with Gasteiger partial charge in [-0.15, -0.1) is 0 Å². The standard InChI is InChI=1S/C16H28N2O3/c1-12(2)13-14(19)18(10-6-7-11-21-3)16(15(20)17-13)8-4-5-9-16/h12-13H,4-11H2,1-3H3,(H,17,20). The maximum atomic E-state index is 12.8. The molecule has 2 rings (SSSR count). The number of amides is 2. The molecule has 1 aliphatic heterocycles. The summed E-state index contributed by atoms with van der Waals surface area (Å²) in [5.41, 5.74) is -0.574. The fourth-order valence-electron chi connectivity index (χ4n) is 3.59. The molecule has 2 fully saturated rings. The molecule has 0 bridgehead atoms. The van der Waals surface area contributed by atoms with Gasteiger partial charge in [-0.3, -0.25) is 9.59 Å². The summed E-state index contributed by atoms with van der Waals surface area (Å²) in [4.78, 5) is 27.4. The van der Waals surface area contributed by atoms with Gasteiger partial charge in [0.15, 0.2) is 0 Å². The third kappa shape index (κ3) is 3.07. The van der Waals surface area contributed by atoms with Crippen LogP contribution in [0.2, 0.25) is 0 Å². The van der Waals surface area contributed by atoms with E-state index in [2.05, 4.69) is 5.32 Å². The summed E-state index contributed by atoms with van der Waals surface area (Å²) >= 11 is 0. The molecule has 0 aromatic rings. The van der Waals surface area contributed by atoms with Gasteiger partial charge in [0, 0.05) is 20.3 Å². The van der Waals surface area contributed by atoms with Gasteiger partial charge in [0.05, 0.1) is 0 Å². The molecule has 1 saturated heterocycles. The molecule has 1 saturated carbocycles. The number of unbranched alkanes of at least 4 members (excludes halogenated alkanes) is 1. The van der Waals surface area contributed by atoms with Gasteiger partial charge in [-0.1, -0.05) is 26.7 Å². The van der Waals surface area contributed by atoms with E-state index >= 15 is 0 Å². The molecule has 0 aromatic heterocycles. The second-order valence-corrected chi connectivity index (χ2v) is 6.62. The summed E-state index contributed by atoms with van der Waals surface area (Å²) < 4.78 is 5.07. The molecule has 120 valence electrons. The van der Waals surface area contributed by atoms with Gasteiger partial charge in [0.25, 0.3) is 0 Å². The lowest BCUT2D eigenvalue weighted by Crippen LogP contribution is -2.70. The Morgan fingerprint density at radius 1 is 1.29 bits per heavy atom. The first kappa shape index (κ1) is 16.3. The highest BCUT2D eigenvalue weighted by molar-refractivity contribution is 6.00. The molecule has 2 aliphatic rings. The molecule has 1 spiro atoms. The molecule has 2 amide bonds. The van der Waals surface area contributed by atoms with Crippen LogP contribution in [0.25, 0.3) is 0 Å². The van der Waals surface area contributed by atoms with Crippen molar-refractivity contribution >= 4 is 11.8 Å². The molecule has 1 N–H and O–H groups in total. The van der Waals surface area contributed by atoms with E-state index in [1.54, 1.807) is 7.11 Å². The fraction of sp³-hybridized carbons (Fsp3) is 0.875. The normalized spacial score (nSPS) is 25.0. The number of hydrogen-bond donors (Lipinski definition) is 1. The predicted molar refractivity (Wildman–Crippen MR) is 80.8 cm³/mol. The lowest BCUT2D eigenvalue weighted by molar-refractivity contribution is -0.158. The number of ether oxygens (including phenoxy) is 1. The van der Waals surface area contributed by atoms with E-state index in [1.807, 2.05) is 18.7 Å². The fourth-order valence-corrected chi connectivity index (χ4v) is 3.59. The summed E-state index contributed by atoms with van der Waals surface area (Å²) in [6, 6.07) is -0.369. The van der Waals surface area contributed by atoms with Crippen molar-refractivity contribution in [3.8, 4) is 0 Å². The summed E-state index contributed by atoms with van der Waals surface area (Å²) in [7, 11) is 1.69. The first-order valence-corrected chi connectivity index (χ1v) is 8.14. The zero-order valence-electron chi connectivity index (χ0n) is 13.5. The summed E-state index contributed by atoms with van der Waals surface area (Å²) in [6.07, 6.45) is 5.48. The van der Waals surface area contributed by atoms with Gasteiger partial charge in [-0.25, -0.2) is 0 Å². The van der Waals surface area contributed by atoms with Gasteiger partial charge < -0.3 is 15.0 Å². The van der Waals surface area contributed by atoms with Crippen molar-refractivity contribution in [3.63, 3.8) is 0 Å². The predicted octanol–water partition coefficient (Wildman–Crippen LogP) is 1.71. The van der Waals surface area contributed by atoms with Gasteiger partial charge in [-0.2, -0.15) is 0 Å². The first-order chi connectivity index (χ1) is 10.0. The van der Waals surface area contributed by atoms with E-state index < -0.39 is 5.54 Å². The van der Waals surface area contributed by atoms with Crippen LogP contribution < -0.4 is 5.32 Å². The molecule has 21 heavy (non-hydrogen) atoms. The van der Waals surface area contributed by atoms with Gasteiger partial charge in [0.1, 0.15) is 11.6 Å². The summed E-state index contributed by atoms with van der Waals surface area (Å²) in [5, 5.41) is 2.98. The Morgan fingerprint density at radius 3 is 2.52 bits per heavy atom. The van der Waals surface area contributed by atoms with Crippen molar-refractivity contribution in [2.24, 2.45) is 5.92 Å². The van der Waals surface area contributed by atoms with Gasteiger partial charge in [0.2, 0.25) is 11.8 Å². The summed E-state index contributed by atoms with van der Waals surface area (Å²) in [5.74, 6) is 0.288. The Kier molecular flexibility index (Phi) is 5.25. The highest BCUT2D eigenvalue weighted by Gasteiger charge is 2.53. The zero-order valence-corrected chi connectivity index (χ0v) is 13.5. The monoisotopic (exact) mass is 296 g/mol. The van der Waals surface area contributed by atoms with Crippen LogP contribution in [0, 0.1) is 5.92 Å². The van der Waals surface area contributed by atoms with E-state index in [0.717, 1.165) is 38.5 Å². The van der Waals surface area contributed by atoms with Crippen LogP contribution in [0.3, 0.4) is 0 Å². The molecule has 1 unspecified atom stereocenters. The van der Waals surface area contributed by atoms with E-state index in [-0.39, 0.29) is 23.8 Å². The maximum absolute atomic E-state index is 12.8. The zero-order chi connectivity index (χ0) is 15.5. The number of nitrogens with zero attached hydrogens (tertiary/aromatic N) is 1. The van der Waals surface area contributed by atoms with E-state index in [1.165, 1.54) is 0 Å². The molecule has 1 heterocycles. The third-order valence-electron chi connectivity index (χ3n) is 4.84. The SMILES string of the molecule is COCCCCN1C(=O)C(C(C)C)NC(=O)C12CCCC2. The van der Waals surface area contributed by atoms with Crippen LogP contribution in [-0.2, 0) is 14.3 Å². The largest absolute Gasteiger partial charge is 0.385 e. The number of carbonyl (C=O) groups is 2. The van der Waals surface area contributed by atoms with Crippen molar-refractivity contribution in [3.05, 3.63) is 0 Å². The highest BCUT2D eigenvalue weighted by atomic mass is 16.5. The lowest BCUT2D eigenvalue weighted by Gasteiger charge is -2.47. The Hall–Kier alpha value is -1.10. The van der Waals surface area contributed by atoms with Crippen molar-refractivity contribution in [1.82, 2.24) is 10.2 Å². The van der Waals surface area contributed by atoms with E-state index in [9.17, 15) is 9.59 Å². The molecule has 1 aliphatic carbocycles. The van der Waals surface area contributed by atoms with E-state index in [0.29, 0.717) is 13.2 Å². The number of rotatable bonds is 6. The second-order valence-electron chi connectivity index (χ2n) is 6.62. The minimum absolute atomic E-state index is 0.0602. The van der Waals surface area contributed by atoms with Crippen molar-refractivity contribution in [1.29, 1.82) is 0 Å². The van der Waals surface area contributed by atoms with Gasteiger partial charge >= 0.3 is 0 Å². The van der Waals surface area contributed by atoms with Crippen LogP contribution in [0.15, 0.2) is 0 Å². The van der Waals surface area contributed by atoms with Crippen molar-refractivity contribution in [2.45, 2.75) is 64.0 Å². The highest BCUT2D eigenvalue weighted by Crippen LogP contribution is 2.39. The van der Waals surface area contributed by atoms with Crippen LogP contribution in [0.1, 0.15) is 52.4 Å². The van der Waals surface area contributed by atoms with Crippen molar-refractivity contribution in [2.75, 3.05) is 20.3 Å². The average Bonchev–Trinajstić information content (AvgIpc) is 2.92. The molecule has 0 radical (unpaired) electrons. The quantitative estimate of drug-likeness (QED) is 0.759. The lowest BCUT2D eigenvalue weighted by atomic mass is 9.86. The molecule has 5 heteroatoms. The number of methoxy groups -OCH3 is 1. The topological polar surface area (TPSA) is 58.6 Å². The Bertz CT molecular complexity index is 389. The number of piperazine rings is 1. The molecular formula is C16H28N2O3. The Balaban J connectivity index is 2.15. The minimum Gasteiger partial charge on any atom is -0.385 e.